The predicted octanol–water partition coefficient (Wildman–Crippen LogP) is 2.76. The van der Waals surface area contributed by atoms with Gasteiger partial charge in [-0.05, 0) is 74.5 Å². The van der Waals surface area contributed by atoms with Gasteiger partial charge in [0.1, 0.15) is 0 Å². The molecular weight excluding hydrogens is 380 g/mol. The molecule has 1 aromatic carbocycles. The Labute approximate surface area is 176 Å². The summed E-state index contributed by atoms with van der Waals surface area (Å²) in [5.41, 5.74) is 2.49. The highest BCUT2D eigenvalue weighted by atomic mass is 16.5. The minimum absolute atomic E-state index is 0.0564. The molecule has 0 saturated carbocycles. The van der Waals surface area contributed by atoms with Gasteiger partial charge in [0.05, 0.1) is 18.2 Å². The van der Waals surface area contributed by atoms with E-state index in [2.05, 4.69) is 59.2 Å². The Bertz CT molecular complexity index is 1080. The van der Waals surface area contributed by atoms with Gasteiger partial charge in [0.15, 0.2) is 5.82 Å². The highest BCUT2D eigenvalue weighted by Gasteiger charge is 2.25. The first-order chi connectivity index (χ1) is 14.3. The van der Waals surface area contributed by atoms with Gasteiger partial charge in [0.25, 0.3) is 5.56 Å². The minimum atomic E-state index is -0.216. The number of H-pyrrole nitrogens is 1. The molecule has 8 nitrogen and oxygen atoms in total. The number of benzene rings is 1. The maximum Gasteiger partial charge on any atom is 0.252 e. The lowest BCUT2D eigenvalue weighted by atomic mass is 10.1. The molecule has 2 aromatic heterocycles. The fourth-order valence-corrected chi connectivity index (χ4v) is 4.02. The first kappa shape index (κ1) is 20.7. The Balaban J connectivity index is 1.63. The molecule has 30 heavy (non-hydrogen) atoms. The van der Waals surface area contributed by atoms with Gasteiger partial charge in [-0.15, -0.1) is 5.10 Å². The SMILES string of the molecule is Cc1ccc2[nH]c(=O)c(CN(Cc3nnnn3C(C)(C)C)C[C@H]3CCCO3)cc2c1. The van der Waals surface area contributed by atoms with Crippen molar-refractivity contribution in [3.05, 3.63) is 51.6 Å². The maximum absolute atomic E-state index is 12.8. The zero-order valence-electron chi connectivity index (χ0n) is 18.2. The molecule has 0 bridgehead atoms. The summed E-state index contributed by atoms with van der Waals surface area (Å²) >= 11 is 0. The van der Waals surface area contributed by atoms with Crippen molar-refractivity contribution in [2.75, 3.05) is 13.2 Å². The van der Waals surface area contributed by atoms with E-state index in [1.807, 2.05) is 22.9 Å². The first-order valence-electron chi connectivity index (χ1n) is 10.5. The van der Waals surface area contributed by atoms with E-state index in [0.29, 0.717) is 13.1 Å². The van der Waals surface area contributed by atoms with Crippen LogP contribution in [0.2, 0.25) is 0 Å². The molecule has 1 fully saturated rings. The second-order valence-electron chi connectivity index (χ2n) is 9.20. The number of aryl methyl sites for hydroxylation is 1. The molecule has 3 heterocycles. The van der Waals surface area contributed by atoms with Crippen molar-refractivity contribution in [2.45, 2.75) is 65.3 Å². The average Bonchev–Trinajstić information content (AvgIpc) is 3.34. The molecular formula is C22H30N6O2. The number of pyridine rings is 1. The number of hydrogen-bond donors (Lipinski definition) is 1. The number of aromatic amines is 1. The molecule has 0 aliphatic carbocycles. The molecule has 0 amide bonds. The number of ether oxygens (including phenoxy) is 1. The Morgan fingerprint density at radius 1 is 1.27 bits per heavy atom. The van der Waals surface area contributed by atoms with Crippen LogP contribution in [0.15, 0.2) is 29.1 Å². The van der Waals surface area contributed by atoms with Gasteiger partial charge < -0.3 is 9.72 Å². The molecule has 1 saturated heterocycles. The molecule has 0 spiro atoms. The lowest BCUT2D eigenvalue weighted by molar-refractivity contribution is 0.0657. The van der Waals surface area contributed by atoms with Crippen LogP contribution in [-0.2, 0) is 23.4 Å². The Morgan fingerprint density at radius 3 is 2.83 bits per heavy atom. The second-order valence-corrected chi connectivity index (χ2v) is 9.20. The standard InChI is InChI=1S/C22H30N6O2/c1-15-7-8-19-16(10-15)11-17(21(29)23-19)12-27(13-18-6-5-9-30-18)14-20-24-25-26-28(20)22(2,3)4/h7-8,10-11,18H,5-6,9,12-14H2,1-4H3,(H,23,29)/t18-/m1/s1. The van der Waals surface area contributed by atoms with Crippen molar-refractivity contribution in [3.63, 3.8) is 0 Å². The van der Waals surface area contributed by atoms with E-state index in [0.717, 1.165) is 48.3 Å². The van der Waals surface area contributed by atoms with Crippen molar-refractivity contribution >= 4 is 10.9 Å². The number of tetrazole rings is 1. The summed E-state index contributed by atoms with van der Waals surface area (Å²) in [6, 6.07) is 8.06. The van der Waals surface area contributed by atoms with Crippen LogP contribution in [0.4, 0.5) is 0 Å². The lowest BCUT2D eigenvalue weighted by Crippen LogP contribution is -2.35. The minimum Gasteiger partial charge on any atom is -0.377 e. The van der Waals surface area contributed by atoms with E-state index in [-0.39, 0.29) is 17.2 Å². The average molecular weight is 411 g/mol. The fraction of sp³-hybridized carbons (Fsp3) is 0.545. The van der Waals surface area contributed by atoms with Crippen LogP contribution in [0.25, 0.3) is 10.9 Å². The molecule has 3 aromatic rings. The van der Waals surface area contributed by atoms with E-state index >= 15 is 0 Å². The highest BCUT2D eigenvalue weighted by molar-refractivity contribution is 5.79. The Kier molecular flexibility index (Phi) is 5.71. The van der Waals surface area contributed by atoms with Crippen LogP contribution in [-0.4, -0.2) is 49.3 Å². The fourth-order valence-electron chi connectivity index (χ4n) is 4.02. The van der Waals surface area contributed by atoms with E-state index < -0.39 is 0 Å². The smallest absolute Gasteiger partial charge is 0.252 e. The Hall–Kier alpha value is -2.58. The third kappa shape index (κ3) is 4.60. The summed E-state index contributed by atoms with van der Waals surface area (Å²) in [4.78, 5) is 18.0. The van der Waals surface area contributed by atoms with Gasteiger partial charge in [0, 0.05) is 30.8 Å². The van der Waals surface area contributed by atoms with Gasteiger partial charge in [-0.1, -0.05) is 11.6 Å². The van der Waals surface area contributed by atoms with Gasteiger partial charge in [-0.2, -0.15) is 0 Å². The number of rotatable bonds is 6. The topological polar surface area (TPSA) is 88.9 Å². The van der Waals surface area contributed by atoms with Gasteiger partial charge in [0.2, 0.25) is 0 Å². The van der Waals surface area contributed by atoms with E-state index in [9.17, 15) is 4.79 Å². The van der Waals surface area contributed by atoms with Gasteiger partial charge in [-0.25, -0.2) is 4.68 Å². The van der Waals surface area contributed by atoms with E-state index in [4.69, 9.17) is 4.74 Å². The van der Waals surface area contributed by atoms with Crippen LogP contribution >= 0.6 is 0 Å². The number of fused-ring (bicyclic) bond motifs is 1. The number of nitrogens with zero attached hydrogens (tertiary/aromatic N) is 5. The van der Waals surface area contributed by atoms with Gasteiger partial charge in [-0.3, -0.25) is 9.69 Å². The van der Waals surface area contributed by atoms with Crippen molar-refractivity contribution in [2.24, 2.45) is 0 Å². The molecule has 8 heteroatoms. The molecule has 160 valence electrons. The van der Waals surface area contributed by atoms with Crippen LogP contribution in [0.1, 0.15) is 50.6 Å². The van der Waals surface area contributed by atoms with Gasteiger partial charge >= 0.3 is 0 Å². The molecule has 1 atom stereocenters. The summed E-state index contributed by atoms with van der Waals surface area (Å²) in [6.07, 6.45) is 2.29. The zero-order chi connectivity index (χ0) is 21.3. The molecule has 1 aliphatic rings. The monoisotopic (exact) mass is 410 g/mol. The van der Waals surface area contributed by atoms with Crippen molar-refractivity contribution < 1.29 is 4.74 Å². The normalized spacial score (nSPS) is 17.3. The lowest BCUT2D eigenvalue weighted by Gasteiger charge is -2.26. The molecule has 0 unspecified atom stereocenters. The Morgan fingerprint density at radius 2 is 2.10 bits per heavy atom. The van der Waals surface area contributed by atoms with Crippen LogP contribution in [0.3, 0.4) is 0 Å². The second kappa shape index (κ2) is 8.28. The zero-order valence-corrected chi connectivity index (χ0v) is 18.2. The van der Waals surface area contributed by atoms with Crippen LogP contribution < -0.4 is 5.56 Å². The summed E-state index contributed by atoms with van der Waals surface area (Å²) in [7, 11) is 0. The largest absolute Gasteiger partial charge is 0.377 e. The first-order valence-corrected chi connectivity index (χ1v) is 10.5. The summed E-state index contributed by atoms with van der Waals surface area (Å²) in [5.74, 6) is 0.786. The number of nitrogens with one attached hydrogen (secondary N) is 1. The predicted molar refractivity (Wildman–Crippen MR) is 115 cm³/mol. The highest BCUT2D eigenvalue weighted by Crippen LogP contribution is 2.20. The third-order valence-electron chi connectivity index (χ3n) is 5.49. The quantitative estimate of drug-likeness (QED) is 0.672. The molecule has 1 N–H and O–H groups in total. The summed E-state index contributed by atoms with van der Waals surface area (Å²) < 4.78 is 7.72. The van der Waals surface area contributed by atoms with Crippen LogP contribution in [0.5, 0.6) is 0 Å². The van der Waals surface area contributed by atoms with Crippen molar-refractivity contribution in [1.29, 1.82) is 0 Å². The summed E-state index contributed by atoms with van der Waals surface area (Å²) in [6.45, 7) is 10.9. The van der Waals surface area contributed by atoms with E-state index in [1.165, 1.54) is 5.56 Å². The molecule has 1 aliphatic heterocycles. The maximum atomic E-state index is 12.8. The molecule has 4 rings (SSSR count). The van der Waals surface area contributed by atoms with Crippen LogP contribution in [0, 0.1) is 6.92 Å². The number of aromatic nitrogens is 5. The van der Waals surface area contributed by atoms with Crippen molar-refractivity contribution in [3.8, 4) is 0 Å². The molecule has 0 radical (unpaired) electrons. The third-order valence-corrected chi connectivity index (χ3v) is 5.49. The summed E-state index contributed by atoms with van der Waals surface area (Å²) in [5, 5.41) is 13.4. The van der Waals surface area contributed by atoms with Crippen molar-refractivity contribution in [1.82, 2.24) is 30.1 Å². The van der Waals surface area contributed by atoms with E-state index in [1.54, 1.807) is 0 Å². The number of hydrogen-bond acceptors (Lipinski definition) is 6.